The Morgan fingerprint density at radius 1 is 1.17 bits per heavy atom. The van der Waals surface area contributed by atoms with E-state index in [2.05, 4.69) is 4.74 Å². The van der Waals surface area contributed by atoms with E-state index in [9.17, 15) is 27.9 Å². The van der Waals surface area contributed by atoms with Crippen molar-refractivity contribution in [2.45, 2.75) is 44.4 Å². The van der Waals surface area contributed by atoms with E-state index in [0.29, 0.717) is 6.42 Å². The average Bonchev–Trinajstić information content (AvgIpc) is 2.53. The van der Waals surface area contributed by atoms with Gasteiger partial charge in [0.1, 0.15) is 5.78 Å². The van der Waals surface area contributed by atoms with E-state index in [1.165, 1.54) is 25.1 Å². The Hall–Kier alpha value is -1.89. The number of alkyl halides is 3. The number of aliphatic hydroxyl groups is 1. The minimum atomic E-state index is -5.06. The fourth-order valence-corrected chi connectivity index (χ4v) is 2.62. The molecule has 1 aromatic rings. The number of benzene rings is 1. The van der Waals surface area contributed by atoms with Gasteiger partial charge in [-0.05, 0) is 25.3 Å². The molecule has 0 aliphatic heterocycles. The molecule has 24 heavy (non-hydrogen) atoms. The van der Waals surface area contributed by atoms with Crippen molar-refractivity contribution in [3.05, 3.63) is 35.9 Å². The first-order chi connectivity index (χ1) is 11.1. The van der Waals surface area contributed by atoms with E-state index in [0.717, 1.165) is 19.2 Å². The zero-order chi connectivity index (χ0) is 18.4. The number of methoxy groups -OCH3 is 1. The number of carbonyl (C=O) groups is 2. The van der Waals surface area contributed by atoms with Crippen molar-refractivity contribution in [3.63, 3.8) is 0 Å². The van der Waals surface area contributed by atoms with Gasteiger partial charge in [0.05, 0.1) is 13.0 Å². The van der Waals surface area contributed by atoms with E-state index in [1.54, 1.807) is 0 Å². The van der Waals surface area contributed by atoms with Gasteiger partial charge in [0.2, 0.25) is 0 Å². The minimum Gasteiger partial charge on any atom is -0.469 e. The number of ketones is 1. The van der Waals surface area contributed by atoms with Crippen LogP contribution in [0.15, 0.2) is 30.3 Å². The van der Waals surface area contributed by atoms with Crippen LogP contribution in [0.5, 0.6) is 0 Å². The molecule has 0 saturated carbocycles. The lowest BCUT2D eigenvalue weighted by Crippen LogP contribution is -2.51. The number of unbranched alkanes of at least 4 members (excludes halogenated alkanes) is 1. The summed E-state index contributed by atoms with van der Waals surface area (Å²) in [4.78, 5) is 22.9. The molecule has 0 heterocycles. The van der Waals surface area contributed by atoms with Gasteiger partial charge in [0, 0.05) is 6.42 Å². The van der Waals surface area contributed by atoms with Crippen LogP contribution >= 0.6 is 0 Å². The van der Waals surface area contributed by atoms with Gasteiger partial charge in [-0.3, -0.25) is 4.79 Å². The summed E-state index contributed by atoms with van der Waals surface area (Å²) in [5.74, 6) is -3.03. The van der Waals surface area contributed by atoms with Crippen LogP contribution in [0, 0.1) is 5.92 Å². The first-order valence-electron chi connectivity index (χ1n) is 7.56. The number of halogens is 3. The van der Waals surface area contributed by atoms with Crippen molar-refractivity contribution in [1.29, 1.82) is 0 Å². The molecule has 0 aliphatic carbocycles. The number of hydrogen-bond acceptors (Lipinski definition) is 4. The summed E-state index contributed by atoms with van der Waals surface area (Å²) in [6.45, 7) is 1.38. The van der Waals surface area contributed by atoms with Crippen molar-refractivity contribution in [1.82, 2.24) is 0 Å². The largest absolute Gasteiger partial charge is 0.469 e. The zero-order valence-corrected chi connectivity index (χ0v) is 13.6. The highest BCUT2D eigenvalue weighted by Gasteiger charge is 2.61. The van der Waals surface area contributed by atoms with Crippen molar-refractivity contribution < 1.29 is 32.6 Å². The molecule has 0 bridgehead atoms. The third-order valence-corrected chi connectivity index (χ3v) is 3.91. The van der Waals surface area contributed by atoms with E-state index in [1.807, 2.05) is 0 Å². The summed E-state index contributed by atoms with van der Waals surface area (Å²) in [6, 6.07) is 6.48. The summed E-state index contributed by atoms with van der Waals surface area (Å²) < 4.78 is 45.5. The molecule has 2 atom stereocenters. The zero-order valence-electron chi connectivity index (χ0n) is 13.6. The van der Waals surface area contributed by atoms with Gasteiger partial charge in [-0.1, -0.05) is 36.8 Å². The molecule has 0 aromatic heterocycles. The highest BCUT2D eigenvalue weighted by atomic mass is 19.4. The normalized spacial score (nSPS) is 15.4. The quantitative estimate of drug-likeness (QED) is 0.579. The predicted octanol–water partition coefficient (Wildman–Crippen LogP) is 3.38. The van der Waals surface area contributed by atoms with E-state index in [4.69, 9.17) is 0 Å². The maximum atomic E-state index is 13.7. The van der Waals surface area contributed by atoms with Crippen molar-refractivity contribution in [3.8, 4) is 0 Å². The molecule has 7 heteroatoms. The first kappa shape index (κ1) is 20.2. The Balaban J connectivity index is 3.17. The fourth-order valence-electron chi connectivity index (χ4n) is 2.62. The van der Waals surface area contributed by atoms with Gasteiger partial charge in [0.25, 0.3) is 0 Å². The number of Topliss-reactive ketones (excluding diaryl/α,β-unsaturated/α-hetero) is 1. The van der Waals surface area contributed by atoms with Gasteiger partial charge in [-0.25, -0.2) is 0 Å². The Morgan fingerprint density at radius 3 is 2.21 bits per heavy atom. The molecule has 0 radical (unpaired) electrons. The molecule has 4 nitrogen and oxygen atoms in total. The number of esters is 1. The highest BCUT2D eigenvalue weighted by molar-refractivity contribution is 5.75. The molecule has 0 saturated heterocycles. The topological polar surface area (TPSA) is 63.6 Å². The van der Waals surface area contributed by atoms with E-state index < -0.39 is 29.2 Å². The molecule has 2 unspecified atom stereocenters. The molecular weight excluding hydrogens is 325 g/mol. The van der Waals surface area contributed by atoms with Crippen LogP contribution in [-0.2, 0) is 19.9 Å². The monoisotopic (exact) mass is 346 g/mol. The molecule has 0 fully saturated rings. The van der Waals surface area contributed by atoms with Gasteiger partial charge in [0.15, 0.2) is 5.60 Å². The third kappa shape index (κ3) is 4.56. The van der Waals surface area contributed by atoms with Crippen LogP contribution in [0.2, 0.25) is 0 Å². The van der Waals surface area contributed by atoms with E-state index >= 15 is 0 Å². The summed E-state index contributed by atoms with van der Waals surface area (Å²) in [5, 5.41) is 10.5. The predicted molar refractivity (Wildman–Crippen MR) is 81.0 cm³/mol. The molecule has 0 amide bonds. The molecule has 1 aromatic carbocycles. The Bertz CT molecular complexity index is 557. The SMILES string of the molecule is COC(=O)C(CCCCC(C)=O)C(O)(c1ccccc1)C(F)(F)F. The molecule has 0 spiro atoms. The van der Waals surface area contributed by atoms with Crippen LogP contribution in [0.1, 0.15) is 38.2 Å². The van der Waals surface area contributed by atoms with Crippen LogP contribution in [0.3, 0.4) is 0 Å². The highest BCUT2D eigenvalue weighted by Crippen LogP contribution is 2.46. The van der Waals surface area contributed by atoms with Crippen LogP contribution in [0.25, 0.3) is 0 Å². The third-order valence-electron chi connectivity index (χ3n) is 3.91. The maximum Gasteiger partial charge on any atom is 0.422 e. The van der Waals surface area contributed by atoms with Crippen LogP contribution in [0.4, 0.5) is 13.2 Å². The summed E-state index contributed by atoms with van der Waals surface area (Å²) in [5.41, 5.74) is -3.77. The lowest BCUT2D eigenvalue weighted by Gasteiger charge is -2.36. The van der Waals surface area contributed by atoms with Gasteiger partial charge < -0.3 is 14.6 Å². The number of rotatable bonds is 8. The molecule has 0 aliphatic rings. The Kier molecular flexibility index (Phi) is 6.95. The minimum absolute atomic E-state index is 0.0845. The summed E-state index contributed by atoms with van der Waals surface area (Å²) >= 11 is 0. The van der Waals surface area contributed by atoms with Crippen LogP contribution in [-0.4, -0.2) is 30.1 Å². The van der Waals surface area contributed by atoms with Crippen molar-refractivity contribution >= 4 is 11.8 Å². The Morgan fingerprint density at radius 2 is 1.75 bits per heavy atom. The lowest BCUT2D eigenvalue weighted by atomic mass is 9.77. The van der Waals surface area contributed by atoms with E-state index in [-0.39, 0.29) is 25.0 Å². The number of ether oxygens (including phenoxy) is 1. The second kappa shape index (κ2) is 8.28. The fraction of sp³-hybridized carbons (Fsp3) is 0.529. The average molecular weight is 346 g/mol. The number of carbonyl (C=O) groups excluding carboxylic acids is 2. The molecule has 134 valence electrons. The second-order valence-electron chi connectivity index (χ2n) is 5.65. The van der Waals surface area contributed by atoms with Crippen LogP contribution < -0.4 is 0 Å². The van der Waals surface area contributed by atoms with Crippen molar-refractivity contribution in [2.24, 2.45) is 5.92 Å². The van der Waals surface area contributed by atoms with Gasteiger partial charge in [-0.2, -0.15) is 13.2 Å². The molecule has 1 N–H and O–H groups in total. The molecule has 1 rings (SSSR count). The molecular formula is C17H21F3O4. The summed E-state index contributed by atoms with van der Waals surface area (Å²) in [6.07, 6.45) is -4.57. The lowest BCUT2D eigenvalue weighted by molar-refractivity contribution is -0.287. The standard InChI is InChI=1S/C17H21F3O4/c1-12(21)8-6-7-11-14(15(22)24-2)16(23,17(18,19)20)13-9-4-3-5-10-13/h3-5,9-10,14,23H,6-8,11H2,1-2H3. The maximum absolute atomic E-state index is 13.7. The summed E-state index contributed by atoms with van der Waals surface area (Å²) in [7, 11) is 0.979. The first-order valence-corrected chi connectivity index (χ1v) is 7.56. The van der Waals surface area contributed by atoms with Crippen molar-refractivity contribution in [2.75, 3.05) is 7.11 Å². The van der Waals surface area contributed by atoms with Gasteiger partial charge in [-0.15, -0.1) is 0 Å². The number of hydrogen-bond donors (Lipinski definition) is 1. The smallest absolute Gasteiger partial charge is 0.422 e. The van der Waals surface area contributed by atoms with Gasteiger partial charge >= 0.3 is 12.1 Å². The Labute approximate surface area is 138 Å². The second-order valence-corrected chi connectivity index (χ2v) is 5.65.